The zero-order chi connectivity index (χ0) is 15.0. The number of guanidine groups is 1. The van der Waals surface area contributed by atoms with Crippen LogP contribution in [0, 0.1) is 17.5 Å². The van der Waals surface area contributed by atoms with E-state index in [9.17, 15) is 13.2 Å². The van der Waals surface area contributed by atoms with Gasteiger partial charge in [-0.2, -0.15) is 0 Å². The van der Waals surface area contributed by atoms with Crippen LogP contribution in [0.2, 0.25) is 0 Å². The van der Waals surface area contributed by atoms with Gasteiger partial charge in [0.05, 0.1) is 19.3 Å². The Kier molecular flexibility index (Phi) is 5.54. The van der Waals surface area contributed by atoms with Gasteiger partial charge in [0.2, 0.25) is 0 Å². The normalized spacial score (nSPS) is 24.9. The van der Waals surface area contributed by atoms with Gasteiger partial charge in [-0.15, -0.1) is 24.0 Å². The fourth-order valence-electron chi connectivity index (χ4n) is 2.52. The fraction of sp³-hybridized carbons (Fsp3) is 0.500. The molecular weight excluding hydrogens is 410 g/mol. The van der Waals surface area contributed by atoms with Crippen molar-refractivity contribution in [2.45, 2.75) is 18.4 Å². The number of halogens is 4. The van der Waals surface area contributed by atoms with Gasteiger partial charge in [0.25, 0.3) is 0 Å². The fourth-order valence-corrected chi connectivity index (χ4v) is 2.52. The van der Waals surface area contributed by atoms with E-state index in [1.807, 2.05) is 4.90 Å². The Morgan fingerprint density at radius 2 is 1.77 bits per heavy atom. The molecule has 0 unspecified atom stereocenters. The highest BCUT2D eigenvalue weighted by Gasteiger charge is 2.40. The summed E-state index contributed by atoms with van der Waals surface area (Å²) < 4.78 is 44.6. The van der Waals surface area contributed by atoms with Crippen molar-refractivity contribution >= 4 is 29.9 Å². The third kappa shape index (κ3) is 3.65. The number of hydrogen-bond acceptors (Lipinski definition) is 2. The molecule has 1 saturated heterocycles. The predicted molar refractivity (Wildman–Crippen MR) is 86.9 cm³/mol. The zero-order valence-corrected chi connectivity index (χ0v) is 14.1. The van der Waals surface area contributed by atoms with Crippen LogP contribution in [0.4, 0.5) is 13.2 Å². The number of rotatable bonds is 2. The topological polar surface area (TPSA) is 50.8 Å². The third-order valence-electron chi connectivity index (χ3n) is 3.82. The molecule has 1 aromatic carbocycles. The lowest BCUT2D eigenvalue weighted by atomic mass is 10.1. The molecule has 122 valence electrons. The number of hydrogen-bond donors (Lipinski definition) is 1. The Hall–Kier alpha value is -1.03. The molecule has 22 heavy (non-hydrogen) atoms. The Morgan fingerprint density at radius 1 is 1.18 bits per heavy atom. The minimum absolute atomic E-state index is 0. The molecule has 0 radical (unpaired) electrons. The smallest absolute Gasteiger partial charge is 0.194 e. The average molecular weight is 427 g/mol. The quantitative estimate of drug-likeness (QED) is 0.341. The maximum atomic E-state index is 13.2. The monoisotopic (exact) mass is 427 g/mol. The Bertz CT molecular complexity index is 555. The maximum absolute atomic E-state index is 13.2. The number of ether oxygens (including phenoxy) is 1. The molecule has 3 rings (SSSR count). The molecule has 1 aliphatic carbocycles. The molecule has 1 saturated carbocycles. The summed E-state index contributed by atoms with van der Waals surface area (Å²) in [5.41, 5.74) is 6.35. The van der Waals surface area contributed by atoms with Crippen molar-refractivity contribution in [2.75, 3.05) is 26.3 Å². The molecule has 4 nitrogen and oxygen atoms in total. The van der Waals surface area contributed by atoms with Crippen molar-refractivity contribution in [3.05, 3.63) is 35.1 Å². The molecule has 1 aliphatic heterocycles. The summed E-state index contributed by atoms with van der Waals surface area (Å²) in [6, 6.07) is 1.96. The van der Waals surface area contributed by atoms with E-state index in [4.69, 9.17) is 10.5 Å². The Balaban J connectivity index is 0.00000176. The van der Waals surface area contributed by atoms with Gasteiger partial charge in [0.1, 0.15) is 0 Å². The van der Waals surface area contributed by atoms with Crippen LogP contribution in [-0.4, -0.2) is 43.2 Å². The second-order valence-electron chi connectivity index (χ2n) is 5.29. The van der Waals surface area contributed by atoms with Crippen LogP contribution in [0.15, 0.2) is 17.1 Å². The highest BCUT2D eigenvalue weighted by molar-refractivity contribution is 14.0. The molecule has 0 spiro atoms. The molecule has 2 fully saturated rings. The predicted octanol–water partition coefficient (Wildman–Crippen LogP) is 2.22. The van der Waals surface area contributed by atoms with Gasteiger partial charge in [-0.25, -0.2) is 18.2 Å². The first kappa shape index (κ1) is 17.3. The minimum atomic E-state index is -1.44. The van der Waals surface area contributed by atoms with Crippen molar-refractivity contribution in [3.63, 3.8) is 0 Å². The van der Waals surface area contributed by atoms with E-state index in [-0.39, 0.29) is 35.9 Å². The van der Waals surface area contributed by atoms with Crippen LogP contribution in [0.1, 0.15) is 17.9 Å². The summed E-state index contributed by atoms with van der Waals surface area (Å²) in [7, 11) is 0. The summed E-state index contributed by atoms with van der Waals surface area (Å²) in [6.45, 7) is 2.59. The molecule has 2 atom stereocenters. The first-order valence-electron chi connectivity index (χ1n) is 6.86. The second-order valence-corrected chi connectivity index (χ2v) is 5.29. The summed E-state index contributed by atoms with van der Waals surface area (Å²) in [6.07, 6.45) is 0.662. The van der Waals surface area contributed by atoms with Gasteiger partial charge >= 0.3 is 0 Å². The lowest BCUT2D eigenvalue weighted by molar-refractivity contribution is 0.0674. The molecule has 0 amide bonds. The Morgan fingerprint density at radius 3 is 2.36 bits per heavy atom. The largest absolute Gasteiger partial charge is 0.378 e. The number of nitrogens with two attached hydrogens (primary N) is 1. The number of nitrogens with zero attached hydrogens (tertiary/aromatic N) is 2. The van der Waals surface area contributed by atoms with Crippen LogP contribution in [0.25, 0.3) is 0 Å². The van der Waals surface area contributed by atoms with Crippen LogP contribution in [0.3, 0.4) is 0 Å². The number of benzene rings is 1. The van der Waals surface area contributed by atoms with Crippen LogP contribution < -0.4 is 5.73 Å². The van der Waals surface area contributed by atoms with Gasteiger partial charge in [-0.1, -0.05) is 0 Å². The van der Waals surface area contributed by atoms with Crippen molar-refractivity contribution in [1.29, 1.82) is 0 Å². The third-order valence-corrected chi connectivity index (χ3v) is 3.82. The highest BCUT2D eigenvalue weighted by Crippen LogP contribution is 2.44. The first-order valence-corrected chi connectivity index (χ1v) is 6.86. The van der Waals surface area contributed by atoms with E-state index in [0.717, 1.165) is 12.1 Å². The van der Waals surface area contributed by atoms with Crippen molar-refractivity contribution in [2.24, 2.45) is 10.7 Å². The van der Waals surface area contributed by atoms with Gasteiger partial charge in [-0.3, -0.25) is 0 Å². The lowest BCUT2D eigenvalue weighted by Crippen LogP contribution is -2.45. The average Bonchev–Trinajstić information content (AvgIpc) is 3.24. The molecule has 8 heteroatoms. The highest BCUT2D eigenvalue weighted by atomic mass is 127. The maximum Gasteiger partial charge on any atom is 0.194 e. The Labute approximate surface area is 143 Å². The zero-order valence-electron chi connectivity index (χ0n) is 11.8. The first-order chi connectivity index (χ1) is 10.1. The van der Waals surface area contributed by atoms with E-state index in [1.165, 1.54) is 0 Å². The SMILES string of the molecule is I.NC(=N[C@@H]1C[C@H]1c1cc(F)c(F)c(F)c1)N1CCOCC1. The van der Waals surface area contributed by atoms with Gasteiger partial charge in [-0.05, 0) is 24.1 Å². The van der Waals surface area contributed by atoms with E-state index in [1.54, 1.807) is 0 Å². The lowest BCUT2D eigenvalue weighted by Gasteiger charge is -2.27. The van der Waals surface area contributed by atoms with E-state index < -0.39 is 17.5 Å². The second kappa shape index (κ2) is 7.03. The van der Waals surface area contributed by atoms with E-state index in [0.29, 0.717) is 44.2 Å². The van der Waals surface area contributed by atoms with Crippen LogP contribution >= 0.6 is 24.0 Å². The minimum Gasteiger partial charge on any atom is -0.378 e. The molecule has 2 N–H and O–H groups in total. The molecule has 2 aliphatic rings. The number of aliphatic imine (C=N–C) groups is 1. The molecular formula is C14H17F3IN3O. The summed E-state index contributed by atoms with van der Waals surface area (Å²) in [5.74, 6) is -3.45. The van der Waals surface area contributed by atoms with Crippen LogP contribution in [-0.2, 0) is 4.74 Å². The van der Waals surface area contributed by atoms with Gasteiger partial charge in [0.15, 0.2) is 23.4 Å². The van der Waals surface area contributed by atoms with Crippen molar-refractivity contribution in [3.8, 4) is 0 Å². The van der Waals surface area contributed by atoms with Crippen molar-refractivity contribution in [1.82, 2.24) is 4.90 Å². The van der Waals surface area contributed by atoms with Gasteiger partial charge < -0.3 is 15.4 Å². The molecule has 0 bridgehead atoms. The molecule has 0 aromatic heterocycles. The standard InChI is InChI=1S/C14H16F3N3O.HI/c15-10-5-8(6-11(16)13(10)17)9-7-12(9)19-14(18)20-1-3-21-4-2-20;/h5-6,9,12H,1-4,7H2,(H2,18,19);1H/t9-,12+;/m0./s1. The summed E-state index contributed by atoms with van der Waals surface area (Å²) in [5, 5.41) is 0. The molecule has 1 heterocycles. The number of morpholine rings is 1. The molecule has 1 aromatic rings. The van der Waals surface area contributed by atoms with E-state index >= 15 is 0 Å². The summed E-state index contributed by atoms with van der Waals surface area (Å²) >= 11 is 0. The van der Waals surface area contributed by atoms with Crippen LogP contribution in [0.5, 0.6) is 0 Å². The van der Waals surface area contributed by atoms with Crippen molar-refractivity contribution < 1.29 is 17.9 Å². The van der Waals surface area contributed by atoms with Gasteiger partial charge in [0, 0.05) is 19.0 Å². The van der Waals surface area contributed by atoms with E-state index in [2.05, 4.69) is 4.99 Å². The summed E-state index contributed by atoms with van der Waals surface area (Å²) in [4.78, 5) is 6.30.